The van der Waals surface area contributed by atoms with Crippen LogP contribution in [0.15, 0.2) is 65.0 Å². The summed E-state index contributed by atoms with van der Waals surface area (Å²) in [5.74, 6) is 0.0848. The van der Waals surface area contributed by atoms with Crippen molar-refractivity contribution in [2.45, 2.75) is 6.92 Å². The molecule has 6 heteroatoms. The molecular formula is C19H16FN3OS. The van der Waals surface area contributed by atoms with Crippen molar-refractivity contribution in [1.82, 2.24) is 9.88 Å². The molecule has 4 nitrogen and oxygen atoms in total. The van der Waals surface area contributed by atoms with Crippen molar-refractivity contribution in [2.24, 2.45) is 4.99 Å². The largest absolute Gasteiger partial charge is 0.282 e. The van der Waals surface area contributed by atoms with Gasteiger partial charge in [-0.3, -0.25) is 9.69 Å². The first-order valence-corrected chi connectivity index (χ1v) is 8.48. The Bertz CT molecular complexity index is 874. The summed E-state index contributed by atoms with van der Waals surface area (Å²) in [6.45, 7) is 5.94. The molecule has 2 heterocycles. The van der Waals surface area contributed by atoms with Crippen molar-refractivity contribution in [3.05, 3.63) is 77.1 Å². The molecule has 0 unspecified atom stereocenters. The maximum atomic E-state index is 13.0. The fraction of sp³-hybridized carbons (Fsp3) is 0.105. The minimum Gasteiger partial charge on any atom is -0.282 e. The SMILES string of the molecule is C=CCN1C(=O)/C(=C/c2ccc(F)cc2)S/C1=N/c1cccc(C)n1. The third-order valence-corrected chi connectivity index (χ3v) is 4.46. The quantitative estimate of drug-likeness (QED) is 0.607. The second-order valence-electron chi connectivity index (χ2n) is 5.40. The second-order valence-corrected chi connectivity index (χ2v) is 6.41. The van der Waals surface area contributed by atoms with Gasteiger partial charge in [-0.2, -0.15) is 0 Å². The molecule has 126 valence electrons. The van der Waals surface area contributed by atoms with Gasteiger partial charge in [-0.15, -0.1) is 6.58 Å². The maximum absolute atomic E-state index is 13.0. The zero-order valence-electron chi connectivity index (χ0n) is 13.6. The van der Waals surface area contributed by atoms with E-state index < -0.39 is 0 Å². The van der Waals surface area contributed by atoms with E-state index in [4.69, 9.17) is 0 Å². The Morgan fingerprint density at radius 1 is 1.28 bits per heavy atom. The van der Waals surface area contributed by atoms with Crippen LogP contribution in [0.1, 0.15) is 11.3 Å². The number of thioether (sulfide) groups is 1. The van der Waals surface area contributed by atoms with Gasteiger partial charge in [0.05, 0.1) is 4.91 Å². The molecule has 1 amide bonds. The summed E-state index contributed by atoms with van der Waals surface area (Å²) >= 11 is 1.27. The van der Waals surface area contributed by atoms with Gasteiger partial charge in [0.25, 0.3) is 5.91 Å². The summed E-state index contributed by atoms with van der Waals surface area (Å²) < 4.78 is 13.0. The average molecular weight is 353 g/mol. The Kier molecular flexibility index (Phi) is 5.09. The first kappa shape index (κ1) is 17.1. The van der Waals surface area contributed by atoms with Gasteiger partial charge < -0.3 is 0 Å². The van der Waals surface area contributed by atoms with Crippen LogP contribution in [0.5, 0.6) is 0 Å². The molecule has 0 saturated carbocycles. The third kappa shape index (κ3) is 4.03. The lowest BCUT2D eigenvalue weighted by molar-refractivity contribution is -0.121. The number of amides is 1. The van der Waals surface area contributed by atoms with Crippen molar-refractivity contribution >= 4 is 34.7 Å². The summed E-state index contributed by atoms with van der Waals surface area (Å²) in [7, 11) is 0. The molecular weight excluding hydrogens is 337 g/mol. The molecule has 0 aliphatic carbocycles. The van der Waals surface area contributed by atoms with E-state index in [0.717, 1.165) is 11.3 Å². The lowest BCUT2D eigenvalue weighted by atomic mass is 10.2. The molecule has 0 spiro atoms. The van der Waals surface area contributed by atoms with Gasteiger partial charge in [-0.05, 0) is 54.6 Å². The number of aryl methyl sites for hydroxylation is 1. The highest BCUT2D eigenvalue weighted by molar-refractivity contribution is 8.18. The smallest absolute Gasteiger partial charge is 0.267 e. The van der Waals surface area contributed by atoms with Crippen LogP contribution in [0.25, 0.3) is 6.08 Å². The number of nitrogens with zero attached hydrogens (tertiary/aromatic N) is 3. The lowest BCUT2D eigenvalue weighted by Gasteiger charge is -2.12. The van der Waals surface area contributed by atoms with E-state index in [-0.39, 0.29) is 11.7 Å². The van der Waals surface area contributed by atoms with Crippen LogP contribution in [-0.4, -0.2) is 27.5 Å². The number of hydrogen-bond acceptors (Lipinski definition) is 4. The van der Waals surface area contributed by atoms with Gasteiger partial charge in [-0.25, -0.2) is 14.4 Å². The topological polar surface area (TPSA) is 45.6 Å². The highest BCUT2D eigenvalue weighted by Gasteiger charge is 2.32. The van der Waals surface area contributed by atoms with Crippen LogP contribution in [0.3, 0.4) is 0 Å². The molecule has 1 aliphatic heterocycles. The van der Waals surface area contributed by atoms with Crippen LogP contribution >= 0.6 is 11.8 Å². The summed E-state index contributed by atoms with van der Waals surface area (Å²) in [4.78, 5) is 23.6. The van der Waals surface area contributed by atoms with E-state index in [2.05, 4.69) is 16.6 Å². The minimum absolute atomic E-state index is 0.152. The molecule has 3 rings (SSSR count). The van der Waals surface area contributed by atoms with Crippen LogP contribution in [0.2, 0.25) is 0 Å². The van der Waals surface area contributed by atoms with Crippen molar-refractivity contribution in [2.75, 3.05) is 6.54 Å². The molecule has 1 aliphatic rings. The Morgan fingerprint density at radius 2 is 2.04 bits per heavy atom. The molecule has 1 aromatic heterocycles. The van der Waals surface area contributed by atoms with Crippen molar-refractivity contribution in [3.8, 4) is 0 Å². The number of carbonyl (C=O) groups is 1. The van der Waals surface area contributed by atoms with Gasteiger partial charge in [0, 0.05) is 12.2 Å². The molecule has 0 bridgehead atoms. The Morgan fingerprint density at radius 3 is 2.72 bits per heavy atom. The van der Waals surface area contributed by atoms with Crippen LogP contribution in [-0.2, 0) is 4.79 Å². The Balaban J connectivity index is 1.94. The fourth-order valence-electron chi connectivity index (χ4n) is 2.28. The number of rotatable bonds is 4. The monoisotopic (exact) mass is 353 g/mol. The van der Waals surface area contributed by atoms with Crippen molar-refractivity contribution < 1.29 is 9.18 Å². The zero-order valence-corrected chi connectivity index (χ0v) is 14.5. The van der Waals surface area contributed by atoms with E-state index in [1.165, 1.54) is 23.9 Å². The maximum Gasteiger partial charge on any atom is 0.267 e. The van der Waals surface area contributed by atoms with Crippen LogP contribution in [0, 0.1) is 12.7 Å². The average Bonchev–Trinajstić information content (AvgIpc) is 2.86. The van der Waals surface area contributed by atoms with Gasteiger partial charge in [-0.1, -0.05) is 24.3 Å². The van der Waals surface area contributed by atoms with Crippen molar-refractivity contribution in [3.63, 3.8) is 0 Å². The van der Waals surface area contributed by atoms with Crippen molar-refractivity contribution in [1.29, 1.82) is 0 Å². The predicted octanol–water partition coefficient (Wildman–Crippen LogP) is 4.32. The Labute approximate surface area is 149 Å². The first-order chi connectivity index (χ1) is 12.1. The second kappa shape index (κ2) is 7.44. The lowest BCUT2D eigenvalue weighted by Crippen LogP contribution is -2.29. The van der Waals surface area contributed by atoms with Gasteiger partial charge >= 0.3 is 0 Å². The minimum atomic E-state index is -0.311. The van der Waals surface area contributed by atoms with Gasteiger partial charge in [0.15, 0.2) is 11.0 Å². The first-order valence-electron chi connectivity index (χ1n) is 7.67. The van der Waals surface area contributed by atoms with E-state index >= 15 is 0 Å². The molecule has 1 saturated heterocycles. The normalized spacial score (nSPS) is 17.5. The number of aliphatic imine (C=N–C) groups is 1. The number of amidine groups is 1. The summed E-state index contributed by atoms with van der Waals surface area (Å²) in [6, 6.07) is 11.5. The van der Waals surface area contributed by atoms with Crippen LogP contribution in [0.4, 0.5) is 10.2 Å². The zero-order chi connectivity index (χ0) is 17.8. The number of halogens is 1. The molecule has 2 aromatic rings. The predicted molar refractivity (Wildman–Crippen MR) is 99.9 cm³/mol. The molecule has 0 atom stereocenters. The molecule has 0 N–H and O–H groups in total. The highest BCUT2D eigenvalue weighted by Crippen LogP contribution is 2.33. The third-order valence-electron chi connectivity index (χ3n) is 3.45. The summed E-state index contributed by atoms with van der Waals surface area (Å²) in [5, 5.41) is 0.552. The number of hydrogen-bond donors (Lipinski definition) is 0. The van der Waals surface area contributed by atoms with E-state index in [1.807, 2.05) is 19.1 Å². The standard InChI is InChI=1S/C19H16FN3OS/c1-3-11-23-18(24)16(12-14-7-9-15(20)10-8-14)25-19(23)22-17-6-4-5-13(2)21-17/h3-10,12H,1,11H2,2H3/b16-12-,22-19+. The number of benzene rings is 1. The molecule has 25 heavy (non-hydrogen) atoms. The summed E-state index contributed by atoms with van der Waals surface area (Å²) in [5.41, 5.74) is 1.61. The molecule has 0 radical (unpaired) electrons. The number of aromatic nitrogens is 1. The van der Waals surface area contributed by atoms with E-state index in [9.17, 15) is 9.18 Å². The molecule has 1 aromatic carbocycles. The van der Waals surface area contributed by atoms with E-state index in [0.29, 0.717) is 22.4 Å². The van der Waals surface area contributed by atoms with E-state index in [1.54, 1.807) is 35.3 Å². The Hall–Kier alpha value is -2.73. The number of carbonyl (C=O) groups excluding carboxylic acids is 1. The van der Waals surface area contributed by atoms with Crippen LogP contribution < -0.4 is 0 Å². The van der Waals surface area contributed by atoms with Gasteiger partial charge in [0.2, 0.25) is 0 Å². The fourth-order valence-corrected chi connectivity index (χ4v) is 3.28. The van der Waals surface area contributed by atoms with Gasteiger partial charge in [0.1, 0.15) is 5.82 Å². The number of pyridine rings is 1. The summed E-state index contributed by atoms with van der Waals surface area (Å²) in [6.07, 6.45) is 3.38. The molecule has 1 fully saturated rings. The highest BCUT2D eigenvalue weighted by atomic mass is 32.2.